The number of rotatable bonds is 6. The molecule has 0 aliphatic carbocycles. The third kappa shape index (κ3) is 6.81. The molecule has 38 heavy (non-hydrogen) atoms. The number of carbonyl (C=O) groups excluding carboxylic acids is 3. The van der Waals surface area contributed by atoms with Crippen molar-refractivity contribution in [2.24, 2.45) is 21.4 Å². The molecule has 1 saturated heterocycles. The fourth-order valence-electron chi connectivity index (χ4n) is 3.14. The van der Waals surface area contributed by atoms with Gasteiger partial charge >= 0.3 is 23.6 Å². The van der Waals surface area contributed by atoms with Crippen molar-refractivity contribution in [3.63, 3.8) is 0 Å². The highest BCUT2D eigenvalue weighted by molar-refractivity contribution is 5.77. The third-order valence-corrected chi connectivity index (χ3v) is 5.41. The fourth-order valence-corrected chi connectivity index (χ4v) is 3.14. The van der Waals surface area contributed by atoms with Gasteiger partial charge in [-0.1, -0.05) is 5.11 Å². The molecule has 2 N–H and O–H groups in total. The summed E-state index contributed by atoms with van der Waals surface area (Å²) in [6.07, 6.45) is -3.41. The van der Waals surface area contributed by atoms with Gasteiger partial charge in [-0.25, -0.2) is 4.79 Å². The maximum absolute atomic E-state index is 13.0. The maximum Gasteiger partial charge on any atom is 0.351 e. The Hall–Kier alpha value is -3.64. The van der Waals surface area contributed by atoms with Gasteiger partial charge in [-0.05, 0) is 73.9 Å². The van der Waals surface area contributed by atoms with E-state index in [9.17, 15) is 24.7 Å². The van der Waals surface area contributed by atoms with Crippen LogP contribution < -0.4 is 11.4 Å². The minimum absolute atomic E-state index is 0.0800. The van der Waals surface area contributed by atoms with Crippen molar-refractivity contribution in [2.75, 3.05) is 12.3 Å². The van der Waals surface area contributed by atoms with Crippen molar-refractivity contribution in [3.8, 4) is 0 Å². The zero-order chi connectivity index (χ0) is 29.3. The van der Waals surface area contributed by atoms with Crippen molar-refractivity contribution in [1.29, 1.82) is 0 Å². The number of anilines is 1. The largest absolute Gasteiger partial charge is 0.462 e. The summed E-state index contributed by atoms with van der Waals surface area (Å²) >= 11 is 0. The first-order valence-electron chi connectivity index (χ1n) is 11.9. The topological polar surface area (TPSA) is 198 Å². The van der Waals surface area contributed by atoms with Crippen LogP contribution in [0.3, 0.4) is 0 Å². The van der Waals surface area contributed by atoms with Gasteiger partial charge in [0.2, 0.25) is 5.72 Å². The number of ether oxygens (including phenoxy) is 4. The van der Waals surface area contributed by atoms with Gasteiger partial charge in [0.25, 0.3) is 0 Å². The van der Waals surface area contributed by atoms with Crippen molar-refractivity contribution in [2.45, 2.75) is 86.5 Å². The molecular formula is C24H36N6O8. The molecule has 0 spiro atoms. The Morgan fingerprint density at radius 1 is 1.05 bits per heavy atom. The van der Waals surface area contributed by atoms with Crippen LogP contribution in [-0.2, 0) is 33.3 Å². The molecule has 4 atom stereocenters. The molecule has 210 valence electrons. The summed E-state index contributed by atoms with van der Waals surface area (Å²) < 4.78 is 23.9. The van der Waals surface area contributed by atoms with Crippen LogP contribution in [0.4, 0.5) is 5.82 Å². The summed E-state index contributed by atoms with van der Waals surface area (Å²) in [7, 11) is 0. The molecule has 1 fully saturated rings. The van der Waals surface area contributed by atoms with Gasteiger partial charge < -0.3 is 24.7 Å². The van der Waals surface area contributed by atoms with Gasteiger partial charge in [-0.15, -0.1) is 0 Å². The number of nitrogens with zero attached hydrogens (tertiary/aromatic N) is 5. The van der Waals surface area contributed by atoms with E-state index in [0.717, 1.165) is 4.57 Å². The second-order valence-corrected chi connectivity index (χ2v) is 12.1. The lowest BCUT2D eigenvalue weighted by Crippen LogP contribution is -2.51. The van der Waals surface area contributed by atoms with E-state index in [1.807, 2.05) is 0 Å². The first-order chi connectivity index (χ1) is 17.2. The summed E-state index contributed by atoms with van der Waals surface area (Å²) in [6, 6.07) is 1.30. The molecule has 14 nitrogen and oxygen atoms in total. The maximum atomic E-state index is 13.0. The highest BCUT2D eigenvalue weighted by Crippen LogP contribution is 2.43. The van der Waals surface area contributed by atoms with Crippen LogP contribution in [0.5, 0.6) is 0 Å². The van der Waals surface area contributed by atoms with Crippen LogP contribution in [0.1, 0.15) is 68.5 Å². The zero-order valence-corrected chi connectivity index (χ0v) is 23.2. The highest BCUT2D eigenvalue weighted by atomic mass is 16.7. The summed E-state index contributed by atoms with van der Waals surface area (Å²) in [5.41, 5.74) is 8.99. The summed E-state index contributed by atoms with van der Waals surface area (Å²) in [6.45, 7) is 13.7. The van der Waals surface area contributed by atoms with Crippen LogP contribution in [0.25, 0.3) is 10.4 Å². The lowest BCUT2D eigenvalue weighted by molar-refractivity contribution is -0.188. The van der Waals surface area contributed by atoms with Gasteiger partial charge in [-0.3, -0.25) is 19.0 Å². The average molecular weight is 537 g/mol. The van der Waals surface area contributed by atoms with Crippen molar-refractivity contribution >= 4 is 23.7 Å². The molecule has 1 aromatic rings. The Morgan fingerprint density at radius 3 is 2.05 bits per heavy atom. The van der Waals surface area contributed by atoms with Gasteiger partial charge in [0.1, 0.15) is 12.4 Å². The minimum atomic E-state index is -2.22. The monoisotopic (exact) mass is 536 g/mol. The molecule has 0 radical (unpaired) electrons. The predicted molar refractivity (Wildman–Crippen MR) is 134 cm³/mol. The quantitative estimate of drug-likeness (QED) is 0.185. The van der Waals surface area contributed by atoms with Crippen LogP contribution in [0.15, 0.2) is 22.2 Å². The number of carbonyl (C=O) groups is 3. The minimum Gasteiger partial charge on any atom is -0.462 e. The molecule has 14 heteroatoms. The van der Waals surface area contributed by atoms with Gasteiger partial charge in [-0.2, -0.15) is 4.98 Å². The second kappa shape index (κ2) is 10.6. The number of aromatic nitrogens is 2. The first-order valence-corrected chi connectivity index (χ1v) is 11.9. The number of nitrogen functional groups attached to an aromatic ring is 1. The predicted octanol–water partition coefficient (Wildman–Crippen LogP) is 2.87. The first kappa shape index (κ1) is 30.6. The molecule has 0 bridgehead atoms. The molecule has 1 aromatic heterocycles. The van der Waals surface area contributed by atoms with Crippen LogP contribution in [-0.4, -0.2) is 52.0 Å². The fraction of sp³-hybridized carbons (Fsp3) is 0.708. The summed E-state index contributed by atoms with van der Waals surface area (Å²) in [5, 5.41) is 3.72. The van der Waals surface area contributed by atoms with Gasteiger partial charge in [0.15, 0.2) is 18.4 Å². The number of hydrogen-bond donors (Lipinski definition) is 1. The van der Waals surface area contributed by atoms with E-state index >= 15 is 0 Å². The Kier molecular flexibility index (Phi) is 8.55. The lowest BCUT2D eigenvalue weighted by atomic mass is 9.95. The normalized spacial score (nSPS) is 23.8. The second-order valence-electron chi connectivity index (χ2n) is 12.1. The number of azide groups is 1. The van der Waals surface area contributed by atoms with E-state index in [4.69, 9.17) is 24.7 Å². The third-order valence-electron chi connectivity index (χ3n) is 5.41. The molecular weight excluding hydrogens is 500 g/mol. The molecule has 2 rings (SSSR count). The average Bonchev–Trinajstić information content (AvgIpc) is 3.03. The van der Waals surface area contributed by atoms with Crippen molar-refractivity contribution in [3.05, 3.63) is 33.2 Å². The van der Waals surface area contributed by atoms with Crippen molar-refractivity contribution < 1.29 is 33.3 Å². The van der Waals surface area contributed by atoms with Gasteiger partial charge in [0.05, 0.1) is 16.2 Å². The Bertz CT molecular complexity index is 1190. The Balaban J connectivity index is 2.76. The number of nitrogens with two attached hydrogens (primary N) is 1. The number of hydrogen-bond acceptors (Lipinski definition) is 11. The van der Waals surface area contributed by atoms with E-state index in [1.165, 1.54) is 12.3 Å². The lowest BCUT2D eigenvalue weighted by Gasteiger charge is -2.33. The summed E-state index contributed by atoms with van der Waals surface area (Å²) in [4.78, 5) is 57.9. The van der Waals surface area contributed by atoms with Crippen LogP contribution in [0, 0.1) is 16.2 Å². The van der Waals surface area contributed by atoms with Crippen molar-refractivity contribution in [1.82, 2.24) is 9.55 Å². The standard InChI is InChI=1S/C24H36N6O8/c1-21(2,3)17(31)35-12-24(28-29-26)15(37-19(33)23(7,8)9)14(36-18(32)22(4,5)6)16(38-24)30-11-10-13(25)27-20(30)34/h10-11,14-16H,12H2,1-9H3,(H2,25,27,34)/t14-,15+,16?,24-/m1/s1. The smallest absolute Gasteiger partial charge is 0.351 e. The van der Waals surface area contributed by atoms with Gasteiger partial charge in [0, 0.05) is 11.1 Å². The van der Waals surface area contributed by atoms with Crippen LogP contribution in [0.2, 0.25) is 0 Å². The molecule has 0 saturated carbocycles. The molecule has 2 heterocycles. The van der Waals surface area contributed by atoms with E-state index in [0.29, 0.717) is 0 Å². The number of esters is 3. The van der Waals surface area contributed by atoms with E-state index in [-0.39, 0.29) is 5.82 Å². The SMILES string of the molecule is CC(C)(C)C(=O)OC[C@@]1(N=[N+]=[N-])OC(n2ccc(N)nc2=O)[C@H](OC(=O)C(C)(C)C)[C@@H]1OC(=O)C(C)(C)C. The zero-order valence-electron chi connectivity index (χ0n) is 23.2. The molecule has 0 aromatic carbocycles. The Morgan fingerprint density at radius 2 is 1.58 bits per heavy atom. The molecule has 1 unspecified atom stereocenters. The van der Waals surface area contributed by atoms with Crippen LogP contribution >= 0.6 is 0 Å². The van der Waals surface area contributed by atoms with E-state index in [2.05, 4.69) is 15.0 Å². The molecule has 1 aliphatic heterocycles. The Labute approximate surface area is 220 Å². The highest BCUT2D eigenvalue weighted by Gasteiger charge is 2.62. The molecule has 1 aliphatic rings. The molecule has 0 amide bonds. The summed E-state index contributed by atoms with van der Waals surface area (Å²) in [5.74, 6) is -2.24. The van der Waals surface area contributed by atoms with E-state index in [1.54, 1.807) is 62.3 Å². The van der Waals surface area contributed by atoms with E-state index < -0.39 is 70.6 Å².